The highest BCUT2D eigenvalue weighted by atomic mass is 35.5. The first-order chi connectivity index (χ1) is 8.26. The van der Waals surface area contributed by atoms with Crippen molar-refractivity contribution < 1.29 is 9.53 Å². The third-order valence-electron chi connectivity index (χ3n) is 3.57. The minimum Gasteiger partial charge on any atom is -0.381 e. The van der Waals surface area contributed by atoms with Crippen molar-refractivity contribution in [3.8, 4) is 0 Å². The van der Waals surface area contributed by atoms with Crippen LogP contribution in [0.4, 0.5) is 0 Å². The number of hydrogen-bond donors (Lipinski definition) is 1. The van der Waals surface area contributed by atoms with Gasteiger partial charge in [-0.1, -0.05) is 6.42 Å². The fourth-order valence-electron chi connectivity index (χ4n) is 2.34. The summed E-state index contributed by atoms with van der Waals surface area (Å²) in [7, 11) is 0. The minimum atomic E-state index is -0.227. The fraction of sp³-hybridized carbons (Fsp3) is 0.917. The molecule has 0 spiro atoms. The Morgan fingerprint density at radius 1 is 1.41 bits per heavy atom. The topological polar surface area (TPSA) is 38.3 Å². The Labute approximate surface area is 112 Å². The SMILES string of the molecule is O=C(NC1(CCl)CCOCC1)C1CCCCS1. The van der Waals surface area contributed by atoms with Crippen molar-refractivity contribution in [1.29, 1.82) is 0 Å². The minimum absolute atomic E-state index is 0.131. The predicted molar refractivity (Wildman–Crippen MR) is 71.7 cm³/mol. The van der Waals surface area contributed by atoms with Gasteiger partial charge < -0.3 is 10.1 Å². The van der Waals surface area contributed by atoms with E-state index in [1.807, 2.05) is 0 Å². The summed E-state index contributed by atoms with van der Waals surface area (Å²) in [5.41, 5.74) is -0.227. The summed E-state index contributed by atoms with van der Waals surface area (Å²) < 4.78 is 5.34. The number of ether oxygens (including phenoxy) is 1. The van der Waals surface area contributed by atoms with Gasteiger partial charge in [0, 0.05) is 19.1 Å². The largest absolute Gasteiger partial charge is 0.381 e. The van der Waals surface area contributed by atoms with Crippen LogP contribution in [0.1, 0.15) is 32.1 Å². The Balaban J connectivity index is 1.90. The van der Waals surface area contributed by atoms with Crippen LogP contribution in [-0.2, 0) is 9.53 Å². The standard InChI is InChI=1S/C12H20ClNO2S/c13-9-12(4-6-16-7-5-12)14-11(15)10-3-1-2-8-17-10/h10H,1-9H2,(H,14,15). The molecule has 2 heterocycles. The average Bonchev–Trinajstić information content (AvgIpc) is 2.41. The van der Waals surface area contributed by atoms with Crippen molar-refractivity contribution in [3.05, 3.63) is 0 Å². The number of rotatable bonds is 3. The smallest absolute Gasteiger partial charge is 0.233 e. The van der Waals surface area contributed by atoms with Gasteiger partial charge in [0.05, 0.1) is 10.8 Å². The molecular weight excluding hydrogens is 258 g/mol. The molecule has 0 saturated carbocycles. The summed E-state index contributed by atoms with van der Waals surface area (Å²) in [6.07, 6.45) is 5.08. The average molecular weight is 278 g/mol. The maximum atomic E-state index is 12.2. The first-order valence-electron chi connectivity index (χ1n) is 6.33. The number of carbonyl (C=O) groups is 1. The van der Waals surface area contributed by atoms with Crippen LogP contribution in [0.2, 0.25) is 0 Å². The lowest BCUT2D eigenvalue weighted by molar-refractivity contribution is -0.123. The van der Waals surface area contributed by atoms with Gasteiger partial charge >= 0.3 is 0 Å². The highest BCUT2D eigenvalue weighted by Gasteiger charge is 2.35. The van der Waals surface area contributed by atoms with E-state index in [0.29, 0.717) is 19.1 Å². The van der Waals surface area contributed by atoms with Crippen LogP contribution in [0.15, 0.2) is 0 Å². The second kappa shape index (κ2) is 6.30. The van der Waals surface area contributed by atoms with Crippen LogP contribution < -0.4 is 5.32 Å². The molecule has 0 aromatic heterocycles. The number of halogens is 1. The molecule has 0 radical (unpaired) electrons. The number of alkyl halides is 1. The predicted octanol–water partition coefficient (Wildman–Crippen LogP) is 2.18. The molecule has 1 atom stereocenters. The van der Waals surface area contributed by atoms with E-state index in [4.69, 9.17) is 16.3 Å². The first kappa shape index (κ1) is 13.5. The maximum Gasteiger partial charge on any atom is 0.233 e. The second-order valence-corrected chi connectivity index (χ2v) is 6.45. The van der Waals surface area contributed by atoms with Gasteiger partial charge in [0.25, 0.3) is 0 Å². The second-order valence-electron chi connectivity index (χ2n) is 4.87. The van der Waals surface area contributed by atoms with E-state index in [-0.39, 0.29) is 16.7 Å². The van der Waals surface area contributed by atoms with Crippen molar-refractivity contribution in [2.75, 3.05) is 24.8 Å². The molecule has 2 aliphatic heterocycles. The first-order valence-corrected chi connectivity index (χ1v) is 7.91. The molecule has 1 N–H and O–H groups in total. The Morgan fingerprint density at radius 2 is 2.18 bits per heavy atom. The van der Waals surface area contributed by atoms with Gasteiger partial charge in [-0.05, 0) is 31.4 Å². The van der Waals surface area contributed by atoms with E-state index < -0.39 is 0 Å². The van der Waals surface area contributed by atoms with Crippen LogP contribution in [0, 0.1) is 0 Å². The van der Waals surface area contributed by atoms with E-state index in [2.05, 4.69) is 5.32 Å². The van der Waals surface area contributed by atoms with Gasteiger partial charge in [-0.2, -0.15) is 0 Å². The Hall–Kier alpha value is 0.0700. The Morgan fingerprint density at radius 3 is 2.76 bits per heavy atom. The van der Waals surface area contributed by atoms with Gasteiger partial charge in [0.15, 0.2) is 0 Å². The molecule has 17 heavy (non-hydrogen) atoms. The Bertz CT molecular complexity index is 263. The highest BCUT2D eigenvalue weighted by molar-refractivity contribution is 8.00. The molecule has 5 heteroatoms. The molecule has 98 valence electrons. The molecule has 0 aliphatic carbocycles. The quantitative estimate of drug-likeness (QED) is 0.804. The fourth-order valence-corrected chi connectivity index (χ4v) is 3.88. The molecular formula is C12H20ClNO2S. The van der Waals surface area contributed by atoms with Crippen molar-refractivity contribution in [2.45, 2.75) is 42.9 Å². The summed E-state index contributed by atoms with van der Waals surface area (Å²) in [5, 5.41) is 3.31. The lowest BCUT2D eigenvalue weighted by Gasteiger charge is -2.37. The third kappa shape index (κ3) is 3.52. The number of amides is 1. The number of nitrogens with one attached hydrogen (secondary N) is 1. The summed E-state index contributed by atoms with van der Waals surface area (Å²) in [4.78, 5) is 12.2. The summed E-state index contributed by atoms with van der Waals surface area (Å²) in [6.45, 7) is 1.40. The van der Waals surface area contributed by atoms with Gasteiger partial charge in [-0.15, -0.1) is 23.4 Å². The van der Waals surface area contributed by atoms with E-state index >= 15 is 0 Å². The number of carbonyl (C=O) groups excluding carboxylic acids is 1. The summed E-state index contributed by atoms with van der Waals surface area (Å²) in [5.74, 6) is 1.77. The van der Waals surface area contributed by atoms with Crippen molar-refractivity contribution in [2.24, 2.45) is 0 Å². The molecule has 2 aliphatic rings. The molecule has 1 amide bonds. The monoisotopic (exact) mass is 277 g/mol. The third-order valence-corrected chi connectivity index (χ3v) is 5.45. The molecule has 1 unspecified atom stereocenters. The molecule has 2 rings (SSSR count). The van der Waals surface area contributed by atoms with Gasteiger partial charge in [-0.25, -0.2) is 0 Å². The van der Waals surface area contributed by atoms with Crippen molar-refractivity contribution >= 4 is 29.3 Å². The van der Waals surface area contributed by atoms with Crippen LogP contribution in [0.3, 0.4) is 0 Å². The van der Waals surface area contributed by atoms with Crippen LogP contribution in [-0.4, -0.2) is 41.5 Å². The van der Waals surface area contributed by atoms with Gasteiger partial charge in [0.2, 0.25) is 5.91 Å². The zero-order valence-corrected chi connectivity index (χ0v) is 11.6. The zero-order valence-electron chi connectivity index (χ0n) is 10.0. The van der Waals surface area contributed by atoms with Gasteiger partial charge in [0.1, 0.15) is 0 Å². The van der Waals surface area contributed by atoms with Crippen molar-refractivity contribution in [1.82, 2.24) is 5.32 Å². The van der Waals surface area contributed by atoms with Crippen LogP contribution in [0.5, 0.6) is 0 Å². The molecule has 2 saturated heterocycles. The van der Waals surface area contributed by atoms with E-state index in [1.54, 1.807) is 11.8 Å². The summed E-state index contributed by atoms with van der Waals surface area (Å²) >= 11 is 7.83. The normalized spacial score (nSPS) is 28.6. The van der Waals surface area contributed by atoms with Gasteiger partial charge in [-0.3, -0.25) is 4.79 Å². The molecule has 0 bridgehead atoms. The Kier molecular flexibility index (Phi) is 5.00. The molecule has 0 aromatic rings. The van der Waals surface area contributed by atoms with E-state index in [0.717, 1.165) is 25.0 Å². The van der Waals surface area contributed by atoms with E-state index in [1.165, 1.54) is 12.8 Å². The van der Waals surface area contributed by atoms with E-state index in [9.17, 15) is 4.79 Å². The summed E-state index contributed by atoms with van der Waals surface area (Å²) in [6, 6.07) is 0. The highest BCUT2D eigenvalue weighted by Crippen LogP contribution is 2.28. The number of hydrogen-bond acceptors (Lipinski definition) is 3. The molecule has 3 nitrogen and oxygen atoms in total. The zero-order chi connectivity index (χ0) is 12.1. The van der Waals surface area contributed by atoms with Crippen molar-refractivity contribution in [3.63, 3.8) is 0 Å². The number of thioether (sulfide) groups is 1. The lowest BCUT2D eigenvalue weighted by atomic mass is 9.92. The van der Waals surface area contributed by atoms with Crippen LogP contribution >= 0.6 is 23.4 Å². The maximum absolute atomic E-state index is 12.2. The lowest BCUT2D eigenvalue weighted by Crippen LogP contribution is -2.55. The van der Waals surface area contributed by atoms with Crippen LogP contribution in [0.25, 0.3) is 0 Å². The molecule has 0 aromatic carbocycles. The molecule has 2 fully saturated rings.